The van der Waals surface area contributed by atoms with Gasteiger partial charge in [0.1, 0.15) is 5.75 Å². The van der Waals surface area contributed by atoms with E-state index in [2.05, 4.69) is 5.16 Å². The minimum Gasteiger partial charge on any atom is -0.508 e. The van der Waals surface area contributed by atoms with Crippen molar-refractivity contribution in [3.05, 3.63) is 29.3 Å². The van der Waals surface area contributed by atoms with Gasteiger partial charge in [-0.2, -0.15) is 0 Å². The van der Waals surface area contributed by atoms with Crippen molar-refractivity contribution < 1.29 is 9.63 Å². The van der Waals surface area contributed by atoms with E-state index in [0.29, 0.717) is 5.82 Å². The minimum atomic E-state index is 0.218. The number of benzene rings is 1. The molecule has 0 radical (unpaired) electrons. The third kappa shape index (κ3) is 1.05. The molecule has 2 aromatic rings. The van der Waals surface area contributed by atoms with Crippen molar-refractivity contribution in [2.45, 2.75) is 24.7 Å². The number of nitrogens with two attached hydrogens (primary N) is 1. The maximum atomic E-state index is 9.62. The molecule has 4 heteroatoms. The van der Waals surface area contributed by atoms with Crippen LogP contribution in [0.4, 0.5) is 5.82 Å². The fourth-order valence-electron chi connectivity index (χ4n) is 2.92. The summed E-state index contributed by atoms with van der Waals surface area (Å²) in [4.78, 5) is 0. The second-order valence-electron chi connectivity index (χ2n) is 5.06. The van der Waals surface area contributed by atoms with E-state index in [1.54, 1.807) is 12.1 Å². The lowest BCUT2D eigenvalue weighted by Gasteiger charge is -2.23. The van der Waals surface area contributed by atoms with E-state index in [1.807, 2.05) is 6.07 Å². The fourth-order valence-corrected chi connectivity index (χ4v) is 2.92. The van der Waals surface area contributed by atoms with Gasteiger partial charge in [-0.1, -0.05) is 11.2 Å². The molecule has 0 bridgehead atoms. The maximum absolute atomic E-state index is 9.62. The van der Waals surface area contributed by atoms with Gasteiger partial charge in [0.15, 0.2) is 11.6 Å². The van der Waals surface area contributed by atoms with Crippen molar-refractivity contribution in [3.63, 3.8) is 0 Å². The van der Waals surface area contributed by atoms with Gasteiger partial charge < -0.3 is 15.4 Å². The summed E-state index contributed by atoms with van der Waals surface area (Å²) >= 11 is 0. The molecule has 0 amide bonds. The van der Waals surface area contributed by atoms with Gasteiger partial charge in [-0.05, 0) is 37.0 Å². The Balaban J connectivity index is 2.06. The van der Waals surface area contributed by atoms with Gasteiger partial charge in [0.05, 0.1) is 0 Å². The molecule has 2 aliphatic rings. The van der Waals surface area contributed by atoms with Gasteiger partial charge in [0, 0.05) is 16.5 Å². The molecule has 17 heavy (non-hydrogen) atoms. The first-order valence-electron chi connectivity index (χ1n) is 5.77. The molecule has 2 aliphatic carbocycles. The lowest BCUT2D eigenvalue weighted by atomic mass is 9.79. The minimum absolute atomic E-state index is 0.218. The van der Waals surface area contributed by atoms with Crippen LogP contribution in [0.15, 0.2) is 22.7 Å². The number of nitrogens with zero attached hydrogens (tertiary/aromatic N) is 1. The number of hydrogen-bond acceptors (Lipinski definition) is 4. The second-order valence-corrected chi connectivity index (χ2v) is 5.06. The molecule has 4 nitrogen and oxygen atoms in total. The maximum Gasteiger partial charge on any atom is 0.172 e. The van der Waals surface area contributed by atoms with Crippen molar-refractivity contribution in [1.29, 1.82) is 0 Å². The Labute approximate surface area is 98.0 Å². The zero-order chi connectivity index (χ0) is 11.6. The van der Waals surface area contributed by atoms with Crippen molar-refractivity contribution >= 4 is 5.82 Å². The number of aromatic nitrogens is 1. The number of rotatable bonds is 0. The molecule has 1 spiro atoms. The van der Waals surface area contributed by atoms with E-state index in [4.69, 9.17) is 10.3 Å². The highest BCUT2D eigenvalue weighted by molar-refractivity contribution is 5.76. The van der Waals surface area contributed by atoms with Gasteiger partial charge in [0.25, 0.3) is 0 Å². The predicted molar refractivity (Wildman–Crippen MR) is 62.6 cm³/mol. The molecule has 0 saturated heterocycles. The van der Waals surface area contributed by atoms with E-state index in [1.165, 1.54) is 18.4 Å². The molecule has 86 valence electrons. The van der Waals surface area contributed by atoms with Crippen LogP contribution in [0.2, 0.25) is 0 Å². The molecule has 1 aromatic heterocycles. The third-order valence-corrected chi connectivity index (χ3v) is 4.01. The van der Waals surface area contributed by atoms with Gasteiger partial charge in [0.2, 0.25) is 0 Å². The quantitative estimate of drug-likeness (QED) is 0.725. The van der Waals surface area contributed by atoms with Crippen LogP contribution in [0.1, 0.15) is 24.0 Å². The molecular weight excluding hydrogens is 216 g/mol. The Bertz CT molecular complexity index is 626. The Morgan fingerprint density at radius 3 is 2.94 bits per heavy atom. The van der Waals surface area contributed by atoms with E-state index in [-0.39, 0.29) is 11.2 Å². The first-order chi connectivity index (χ1) is 8.20. The van der Waals surface area contributed by atoms with Crippen LogP contribution in [-0.2, 0) is 11.8 Å². The highest BCUT2D eigenvalue weighted by Crippen LogP contribution is 2.58. The second kappa shape index (κ2) is 2.64. The summed E-state index contributed by atoms with van der Waals surface area (Å²) in [5.41, 5.74) is 9.27. The number of fused-ring (bicyclic) bond motifs is 4. The number of hydrogen-bond donors (Lipinski definition) is 2. The average Bonchev–Trinajstić information content (AvgIpc) is 2.98. The van der Waals surface area contributed by atoms with Crippen molar-refractivity contribution in [2.24, 2.45) is 0 Å². The first kappa shape index (κ1) is 9.10. The van der Waals surface area contributed by atoms with E-state index in [0.717, 1.165) is 23.3 Å². The van der Waals surface area contributed by atoms with Gasteiger partial charge in [-0.15, -0.1) is 0 Å². The average molecular weight is 228 g/mol. The highest BCUT2D eigenvalue weighted by atomic mass is 16.5. The molecule has 3 N–H and O–H groups in total. The van der Waals surface area contributed by atoms with Crippen LogP contribution in [0.25, 0.3) is 11.3 Å². The summed E-state index contributed by atoms with van der Waals surface area (Å²) in [6.07, 6.45) is 3.26. The molecule has 4 rings (SSSR count). The summed E-state index contributed by atoms with van der Waals surface area (Å²) in [7, 11) is 0. The zero-order valence-electron chi connectivity index (χ0n) is 9.23. The molecule has 0 atom stereocenters. The number of phenolic OH excluding ortho intramolecular Hbond substituents is 1. The van der Waals surface area contributed by atoms with Crippen molar-refractivity contribution in [3.8, 4) is 17.1 Å². The van der Waals surface area contributed by atoms with Crippen LogP contribution in [0.3, 0.4) is 0 Å². The Kier molecular flexibility index (Phi) is 1.41. The molecule has 1 saturated carbocycles. The van der Waals surface area contributed by atoms with Crippen LogP contribution < -0.4 is 5.73 Å². The van der Waals surface area contributed by atoms with Gasteiger partial charge in [-0.3, -0.25) is 0 Å². The zero-order valence-corrected chi connectivity index (χ0v) is 9.23. The summed E-state index contributed by atoms with van der Waals surface area (Å²) < 4.78 is 5.30. The molecular formula is C13H12N2O2. The van der Waals surface area contributed by atoms with E-state index < -0.39 is 0 Å². The van der Waals surface area contributed by atoms with Crippen LogP contribution in [-0.4, -0.2) is 10.3 Å². The number of phenols is 1. The van der Waals surface area contributed by atoms with Crippen molar-refractivity contribution in [2.75, 3.05) is 5.73 Å². The summed E-state index contributed by atoms with van der Waals surface area (Å²) in [6, 6.07) is 5.49. The Hall–Kier alpha value is -1.97. The number of anilines is 1. The molecule has 1 heterocycles. The third-order valence-electron chi connectivity index (χ3n) is 4.01. The van der Waals surface area contributed by atoms with Gasteiger partial charge in [-0.25, -0.2) is 0 Å². The molecule has 1 fully saturated rings. The van der Waals surface area contributed by atoms with E-state index in [9.17, 15) is 5.11 Å². The van der Waals surface area contributed by atoms with Gasteiger partial charge >= 0.3 is 0 Å². The lowest BCUT2D eigenvalue weighted by Crippen LogP contribution is -2.17. The van der Waals surface area contributed by atoms with Crippen LogP contribution in [0.5, 0.6) is 5.75 Å². The largest absolute Gasteiger partial charge is 0.508 e. The lowest BCUT2D eigenvalue weighted by molar-refractivity contribution is 0.430. The van der Waals surface area contributed by atoms with Crippen LogP contribution >= 0.6 is 0 Å². The Morgan fingerprint density at radius 2 is 2.18 bits per heavy atom. The predicted octanol–water partition coefficient (Wildman–Crippen LogP) is 2.22. The first-order valence-corrected chi connectivity index (χ1v) is 5.77. The fraction of sp³-hybridized carbons (Fsp3) is 0.308. The Morgan fingerprint density at radius 1 is 1.35 bits per heavy atom. The number of aromatic hydroxyl groups is 1. The molecule has 0 aliphatic heterocycles. The standard InChI is InChI=1S/C13H12N2O2/c14-12-9-6-13(3-4-13)10-2-1-7(16)5-8(10)11(9)17-15-12/h1-2,5,16H,3-4,6H2,(H2,14,15). The summed E-state index contributed by atoms with van der Waals surface area (Å²) in [5, 5.41) is 13.5. The molecule has 0 unspecified atom stereocenters. The van der Waals surface area contributed by atoms with Crippen LogP contribution in [0, 0.1) is 0 Å². The normalized spacial score (nSPS) is 18.8. The van der Waals surface area contributed by atoms with Crippen molar-refractivity contribution in [1.82, 2.24) is 5.16 Å². The number of nitrogen functional groups attached to an aromatic ring is 1. The van der Waals surface area contributed by atoms with E-state index >= 15 is 0 Å². The topological polar surface area (TPSA) is 72.3 Å². The highest BCUT2D eigenvalue weighted by Gasteiger charge is 2.50. The summed E-state index contributed by atoms with van der Waals surface area (Å²) in [6.45, 7) is 0. The monoisotopic (exact) mass is 228 g/mol. The molecule has 1 aromatic carbocycles. The summed E-state index contributed by atoms with van der Waals surface area (Å²) in [5.74, 6) is 1.47. The smallest absolute Gasteiger partial charge is 0.172 e. The SMILES string of the molecule is Nc1noc2c1CC1(CC1)c1ccc(O)cc1-2.